The maximum Gasteiger partial charge on any atom is 0.228 e. The molecule has 0 radical (unpaired) electrons. The predicted molar refractivity (Wildman–Crippen MR) is 68.9 cm³/mol. The molecule has 0 bridgehead atoms. The van der Waals surface area contributed by atoms with Crippen molar-refractivity contribution < 1.29 is 14.3 Å². The molecule has 3 heteroatoms. The van der Waals surface area contributed by atoms with E-state index in [2.05, 4.69) is 0 Å². The summed E-state index contributed by atoms with van der Waals surface area (Å²) >= 11 is 0. The summed E-state index contributed by atoms with van der Waals surface area (Å²) in [5, 5.41) is 0. The van der Waals surface area contributed by atoms with Crippen molar-refractivity contribution in [3.05, 3.63) is 46.2 Å². The van der Waals surface area contributed by atoms with E-state index in [0.717, 1.165) is 17.5 Å². The lowest BCUT2D eigenvalue weighted by Crippen LogP contribution is -2.19. The third-order valence-corrected chi connectivity index (χ3v) is 3.09. The molecule has 1 aliphatic carbocycles. The molecule has 0 saturated carbocycles. The van der Waals surface area contributed by atoms with E-state index in [4.69, 9.17) is 4.74 Å². The molecule has 0 atom stereocenters. The number of allylic oxidation sites excluding steroid dienone is 2. The number of carbonyl (C=O) groups excluding carboxylic acids is 2. The van der Waals surface area contributed by atoms with Crippen LogP contribution < -0.4 is 0 Å². The van der Waals surface area contributed by atoms with Gasteiger partial charge in [-0.25, -0.2) is 0 Å². The summed E-state index contributed by atoms with van der Waals surface area (Å²) in [6.07, 6.45) is 2.10. The Bertz CT molecular complexity index is 553. The summed E-state index contributed by atoms with van der Waals surface area (Å²) in [7, 11) is 0. The average Bonchev–Trinajstić information content (AvgIpc) is 2.34. The van der Waals surface area contributed by atoms with Crippen LogP contribution in [0, 0.1) is 13.8 Å². The Kier molecular flexibility index (Phi) is 3.32. The van der Waals surface area contributed by atoms with Crippen molar-refractivity contribution >= 4 is 11.6 Å². The zero-order chi connectivity index (χ0) is 13.3. The summed E-state index contributed by atoms with van der Waals surface area (Å²) in [5.74, 6) is -0.183. The van der Waals surface area contributed by atoms with Crippen molar-refractivity contribution in [3.8, 4) is 0 Å². The number of aryl methyl sites for hydroxylation is 2. The van der Waals surface area contributed by atoms with Gasteiger partial charge in [0.25, 0.3) is 0 Å². The number of hydrogen-bond acceptors (Lipinski definition) is 3. The quantitative estimate of drug-likeness (QED) is 0.821. The minimum absolute atomic E-state index is 0.154. The van der Waals surface area contributed by atoms with E-state index in [1.54, 1.807) is 12.1 Å². The van der Waals surface area contributed by atoms with E-state index in [1.807, 2.05) is 20.8 Å². The number of Topliss-reactive ketones (excluding diaryl/α,β-unsaturated/α-hetero) is 1. The number of rotatable bonds is 3. The van der Waals surface area contributed by atoms with E-state index >= 15 is 0 Å². The van der Waals surface area contributed by atoms with Crippen molar-refractivity contribution in [2.75, 3.05) is 6.61 Å². The molecule has 0 saturated heterocycles. The van der Waals surface area contributed by atoms with Gasteiger partial charge in [-0.2, -0.15) is 0 Å². The minimum Gasteiger partial charge on any atom is -0.489 e. The largest absolute Gasteiger partial charge is 0.489 e. The fourth-order valence-electron chi connectivity index (χ4n) is 1.92. The molecule has 0 unspecified atom stereocenters. The molecule has 3 nitrogen and oxygen atoms in total. The van der Waals surface area contributed by atoms with Gasteiger partial charge in [-0.05, 0) is 43.5 Å². The number of benzene rings is 1. The van der Waals surface area contributed by atoms with E-state index < -0.39 is 0 Å². The molecule has 1 aromatic carbocycles. The Morgan fingerprint density at radius 2 is 1.67 bits per heavy atom. The maximum absolute atomic E-state index is 12.2. The van der Waals surface area contributed by atoms with Gasteiger partial charge >= 0.3 is 0 Å². The Balaban J connectivity index is 2.45. The summed E-state index contributed by atoms with van der Waals surface area (Å²) < 4.78 is 5.33. The highest BCUT2D eigenvalue weighted by Gasteiger charge is 2.27. The lowest BCUT2D eigenvalue weighted by Gasteiger charge is -2.17. The zero-order valence-electron chi connectivity index (χ0n) is 10.9. The van der Waals surface area contributed by atoms with Crippen molar-refractivity contribution in [1.29, 1.82) is 0 Å². The molecule has 1 aromatic rings. The van der Waals surface area contributed by atoms with Crippen LogP contribution in [0.25, 0.3) is 0 Å². The van der Waals surface area contributed by atoms with Crippen LogP contribution in [-0.2, 0) is 4.74 Å². The number of ketones is 2. The highest BCUT2D eigenvalue weighted by atomic mass is 16.5. The first-order valence-electron chi connectivity index (χ1n) is 6.09. The molecule has 0 aliphatic heterocycles. The Morgan fingerprint density at radius 1 is 1.06 bits per heavy atom. The van der Waals surface area contributed by atoms with Gasteiger partial charge in [0.05, 0.1) is 6.61 Å². The number of hydrogen-bond donors (Lipinski definition) is 0. The molecule has 0 aromatic heterocycles. The molecule has 94 valence electrons. The smallest absolute Gasteiger partial charge is 0.228 e. The second-order valence-electron chi connectivity index (χ2n) is 4.53. The first-order chi connectivity index (χ1) is 8.54. The Morgan fingerprint density at radius 3 is 2.28 bits per heavy atom. The van der Waals surface area contributed by atoms with E-state index in [0.29, 0.717) is 17.7 Å². The summed E-state index contributed by atoms with van der Waals surface area (Å²) in [5.41, 5.74) is 2.96. The van der Waals surface area contributed by atoms with Crippen LogP contribution in [0.15, 0.2) is 24.0 Å². The number of fused-ring (bicyclic) bond motifs is 1. The van der Waals surface area contributed by atoms with Crippen LogP contribution >= 0.6 is 0 Å². The van der Waals surface area contributed by atoms with Crippen LogP contribution in [0.3, 0.4) is 0 Å². The summed E-state index contributed by atoms with van der Waals surface area (Å²) in [6, 6.07) is 3.55. The van der Waals surface area contributed by atoms with Crippen LogP contribution in [0.2, 0.25) is 0 Å². The Labute approximate surface area is 106 Å². The van der Waals surface area contributed by atoms with Gasteiger partial charge in [0.2, 0.25) is 5.78 Å². The van der Waals surface area contributed by atoms with Gasteiger partial charge in [-0.3, -0.25) is 9.59 Å². The molecule has 0 spiro atoms. The fourth-order valence-corrected chi connectivity index (χ4v) is 1.92. The van der Waals surface area contributed by atoms with E-state index in [-0.39, 0.29) is 17.3 Å². The molecule has 18 heavy (non-hydrogen) atoms. The average molecular weight is 244 g/mol. The van der Waals surface area contributed by atoms with Gasteiger partial charge in [0.1, 0.15) is 0 Å². The van der Waals surface area contributed by atoms with Crippen LogP contribution in [0.4, 0.5) is 0 Å². The molecule has 0 N–H and O–H groups in total. The lowest BCUT2D eigenvalue weighted by atomic mass is 9.90. The second-order valence-corrected chi connectivity index (χ2v) is 4.53. The standard InChI is InChI=1S/C15H16O3/c1-4-5-18-14-8-13(16)11-6-9(2)10(3)7-12(11)15(14)17/h6-8H,4-5H2,1-3H3. The number of carbonyl (C=O) groups is 2. The van der Waals surface area contributed by atoms with Crippen molar-refractivity contribution in [3.63, 3.8) is 0 Å². The molecular weight excluding hydrogens is 228 g/mol. The van der Waals surface area contributed by atoms with Gasteiger partial charge in [0, 0.05) is 17.2 Å². The topological polar surface area (TPSA) is 43.4 Å². The van der Waals surface area contributed by atoms with Crippen molar-refractivity contribution in [2.24, 2.45) is 0 Å². The molecular formula is C15H16O3. The zero-order valence-corrected chi connectivity index (χ0v) is 10.9. The Hall–Kier alpha value is -1.90. The van der Waals surface area contributed by atoms with Crippen LogP contribution in [-0.4, -0.2) is 18.2 Å². The van der Waals surface area contributed by atoms with Gasteiger partial charge in [0.15, 0.2) is 11.5 Å². The normalized spacial score (nSPS) is 14.3. The van der Waals surface area contributed by atoms with Crippen molar-refractivity contribution in [1.82, 2.24) is 0 Å². The third kappa shape index (κ3) is 2.08. The summed E-state index contributed by atoms with van der Waals surface area (Å²) in [6.45, 7) is 6.26. The monoisotopic (exact) mass is 244 g/mol. The highest BCUT2D eigenvalue weighted by molar-refractivity contribution is 6.23. The molecule has 0 amide bonds. The molecule has 2 rings (SSSR count). The minimum atomic E-state index is -0.193. The van der Waals surface area contributed by atoms with Gasteiger partial charge in [-0.1, -0.05) is 6.92 Å². The highest BCUT2D eigenvalue weighted by Crippen LogP contribution is 2.25. The van der Waals surface area contributed by atoms with Gasteiger partial charge in [-0.15, -0.1) is 0 Å². The predicted octanol–water partition coefficient (Wildman–Crippen LogP) is 2.99. The SMILES string of the molecule is CCCOC1=CC(=O)c2cc(C)c(C)cc2C1=O. The fraction of sp³-hybridized carbons (Fsp3) is 0.333. The first-order valence-corrected chi connectivity index (χ1v) is 6.09. The van der Waals surface area contributed by atoms with Crippen LogP contribution in [0.1, 0.15) is 45.2 Å². The summed E-state index contributed by atoms with van der Waals surface area (Å²) in [4.78, 5) is 24.1. The molecule has 1 aliphatic rings. The lowest BCUT2D eigenvalue weighted by molar-refractivity contribution is 0.0883. The number of ether oxygens (including phenoxy) is 1. The molecule has 0 heterocycles. The first kappa shape index (κ1) is 12.6. The van der Waals surface area contributed by atoms with E-state index in [9.17, 15) is 9.59 Å². The van der Waals surface area contributed by atoms with Gasteiger partial charge < -0.3 is 4.74 Å². The van der Waals surface area contributed by atoms with Crippen LogP contribution in [0.5, 0.6) is 0 Å². The van der Waals surface area contributed by atoms with E-state index in [1.165, 1.54) is 6.08 Å². The maximum atomic E-state index is 12.2. The third-order valence-electron chi connectivity index (χ3n) is 3.09. The van der Waals surface area contributed by atoms with Crippen molar-refractivity contribution in [2.45, 2.75) is 27.2 Å². The molecule has 0 fully saturated rings. The second kappa shape index (κ2) is 4.77.